The van der Waals surface area contributed by atoms with Crippen molar-refractivity contribution < 1.29 is 24.2 Å². The van der Waals surface area contributed by atoms with Crippen molar-refractivity contribution in [2.24, 2.45) is 46.3 Å². The number of aliphatic hydroxyl groups is 1. The van der Waals surface area contributed by atoms with Crippen molar-refractivity contribution in [3.63, 3.8) is 0 Å². The second-order valence-corrected chi connectivity index (χ2v) is 20.9. The Labute approximate surface area is 358 Å². The fraction of sp³-hybridized carbons (Fsp3) is 0.923. The van der Waals surface area contributed by atoms with Gasteiger partial charge in [-0.1, -0.05) is 124 Å². The number of carbonyl (C=O) groups is 2. The third kappa shape index (κ3) is 15.2. The molecule has 336 valence electrons. The highest BCUT2D eigenvalue weighted by molar-refractivity contribution is 5.69. The zero-order valence-corrected chi connectivity index (χ0v) is 39.0. The molecule has 0 radical (unpaired) electrons. The molecule has 0 aromatic heterocycles. The Morgan fingerprint density at radius 2 is 1.40 bits per heavy atom. The first-order chi connectivity index (χ1) is 28.0. The molecular weight excluding hydrogens is 719 g/mol. The summed E-state index contributed by atoms with van der Waals surface area (Å²) >= 11 is 0. The summed E-state index contributed by atoms with van der Waals surface area (Å²) in [5.74, 6) is 5.07. The summed E-state index contributed by atoms with van der Waals surface area (Å²) in [6, 6.07) is 0. The quantitative estimate of drug-likeness (QED) is 0.0442. The third-order valence-electron chi connectivity index (χ3n) is 16.2. The lowest BCUT2D eigenvalue weighted by Gasteiger charge is -2.58. The second kappa shape index (κ2) is 26.2. The minimum absolute atomic E-state index is 0.00178. The van der Waals surface area contributed by atoms with Crippen LogP contribution in [0.3, 0.4) is 0 Å². The summed E-state index contributed by atoms with van der Waals surface area (Å²) in [6.45, 7) is 18.8. The number of unbranched alkanes of at least 4 members (excludes halogenated alkanes) is 11. The molecule has 0 bridgehead atoms. The molecule has 0 spiro atoms. The van der Waals surface area contributed by atoms with Crippen LogP contribution in [0.2, 0.25) is 0 Å². The van der Waals surface area contributed by atoms with E-state index >= 15 is 0 Å². The molecule has 8 unspecified atom stereocenters. The predicted octanol–water partition coefficient (Wildman–Crippen LogP) is 13.4. The number of ether oxygens (including phenoxy) is 2. The molecule has 4 rings (SSSR count). The number of aliphatic hydroxyl groups excluding tert-OH is 1. The molecule has 6 heteroatoms. The Balaban J connectivity index is 1.10. The van der Waals surface area contributed by atoms with Crippen LogP contribution < -0.4 is 0 Å². The summed E-state index contributed by atoms with van der Waals surface area (Å²) in [5, 5.41) is 9.33. The van der Waals surface area contributed by atoms with E-state index in [2.05, 4.69) is 52.5 Å². The van der Waals surface area contributed by atoms with E-state index < -0.39 is 0 Å². The summed E-state index contributed by atoms with van der Waals surface area (Å²) in [4.78, 5) is 27.7. The topological polar surface area (TPSA) is 76.1 Å². The first-order valence-corrected chi connectivity index (χ1v) is 25.4. The van der Waals surface area contributed by atoms with Crippen LogP contribution in [0.15, 0.2) is 11.6 Å². The van der Waals surface area contributed by atoms with Gasteiger partial charge < -0.3 is 19.5 Å². The summed E-state index contributed by atoms with van der Waals surface area (Å²) in [7, 11) is 0. The van der Waals surface area contributed by atoms with Crippen LogP contribution in [0.4, 0.5) is 0 Å². The number of hydrogen-bond donors (Lipinski definition) is 1. The van der Waals surface area contributed by atoms with Crippen LogP contribution in [0, 0.1) is 46.3 Å². The van der Waals surface area contributed by atoms with Crippen molar-refractivity contribution >= 4 is 11.9 Å². The lowest BCUT2D eigenvalue weighted by atomic mass is 9.47. The number of rotatable bonds is 30. The molecule has 8 atom stereocenters. The zero-order valence-electron chi connectivity index (χ0n) is 39.0. The Kier molecular flexibility index (Phi) is 22.2. The number of allylic oxidation sites excluding steroid dienone is 1. The first-order valence-electron chi connectivity index (χ1n) is 25.4. The van der Waals surface area contributed by atoms with Gasteiger partial charge in [-0.2, -0.15) is 0 Å². The normalized spacial score (nSPS) is 28.5. The van der Waals surface area contributed by atoms with E-state index in [4.69, 9.17) is 9.47 Å². The molecule has 0 aromatic rings. The van der Waals surface area contributed by atoms with Gasteiger partial charge in [0, 0.05) is 25.9 Å². The van der Waals surface area contributed by atoms with Crippen LogP contribution >= 0.6 is 0 Å². The molecule has 0 saturated heterocycles. The largest absolute Gasteiger partial charge is 0.466 e. The zero-order chi connectivity index (χ0) is 41.8. The van der Waals surface area contributed by atoms with E-state index in [-0.39, 0.29) is 30.1 Å². The molecule has 3 fully saturated rings. The average molecular weight is 812 g/mol. The molecule has 0 aliphatic heterocycles. The second-order valence-electron chi connectivity index (χ2n) is 20.9. The summed E-state index contributed by atoms with van der Waals surface area (Å²) in [5.41, 5.74) is 2.43. The van der Waals surface area contributed by atoms with Gasteiger partial charge in [0.1, 0.15) is 6.10 Å². The molecule has 58 heavy (non-hydrogen) atoms. The van der Waals surface area contributed by atoms with Crippen LogP contribution in [0.25, 0.3) is 0 Å². The van der Waals surface area contributed by atoms with E-state index in [1.165, 1.54) is 83.5 Å². The van der Waals surface area contributed by atoms with Gasteiger partial charge >= 0.3 is 11.9 Å². The van der Waals surface area contributed by atoms with E-state index in [1.807, 2.05) is 0 Å². The molecule has 0 amide bonds. The van der Waals surface area contributed by atoms with Crippen molar-refractivity contribution in [3.8, 4) is 0 Å². The molecule has 1 N–H and O–H groups in total. The van der Waals surface area contributed by atoms with Crippen molar-refractivity contribution in [1.82, 2.24) is 4.90 Å². The number of hydrogen-bond acceptors (Lipinski definition) is 6. The van der Waals surface area contributed by atoms with E-state index in [0.29, 0.717) is 24.9 Å². The Hall–Kier alpha value is -1.40. The number of carbonyl (C=O) groups excluding carboxylic acids is 2. The summed E-state index contributed by atoms with van der Waals surface area (Å²) in [6.07, 6.45) is 34.4. The highest BCUT2D eigenvalue weighted by Crippen LogP contribution is 2.67. The van der Waals surface area contributed by atoms with Gasteiger partial charge in [-0.3, -0.25) is 9.59 Å². The predicted molar refractivity (Wildman–Crippen MR) is 242 cm³/mol. The number of nitrogens with zero attached hydrogens (tertiary/aromatic N) is 1. The Morgan fingerprint density at radius 3 is 2.12 bits per heavy atom. The smallest absolute Gasteiger partial charge is 0.306 e. The minimum Gasteiger partial charge on any atom is -0.466 e. The minimum atomic E-state index is -0.0364. The van der Waals surface area contributed by atoms with Crippen LogP contribution in [0.1, 0.15) is 221 Å². The fourth-order valence-corrected chi connectivity index (χ4v) is 12.7. The molecule has 0 heterocycles. The molecule has 3 saturated carbocycles. The molecule has 0 aromatic carbocycles. The first kappa shape index (κ1) is 49.3. The summed E-state index contributed by atoms with van der Waals surface area (Å²) < 4.78 is 11.6. The van der Waals surface area contributed by atoms with Crippen LogP contribution in [0.5, 0.6) is 0 Å². The van der Waals surface area contributed by atoms with Gasteiger partial charge in [0.05, 0.1) is 6.61 Å². The lowest BCUT2D eigenvalue weighted by Crippen LogP contribution is -2.51. The average Bonchev–Trinajstić information content (AvgIpc) is 3.55. The third-order valence-corrected chi connectivity index (χ3v) is 16.2. The molecular formula is C52H93NO5. The standard InChI is InChI=1S/C52H93NO5/c1-7-8-9-10-13-21-39-57-49(55)25-15-11-12-17-35-53(37-19-20-38-54)36-18-14-16-26-50(56)58-44-31-33-51(5)43(40-44)27-28-45-47-30-29-46(42(4)24-22-23-41(2)3)52(47,6)34-32-48(45)51/h27,41-42,44-48,54H,7-26,28-40H2,1-6H3. The van der Waals surface area contributed by atoms with E-state index in [9.17, 15) is 14.7 Å². The molecule has 4 aliphatic rings. The maximum Gasteiger partial charge on any atom is 0.306 e. The van der Waals surface area contributed by atoms with Crippen molar-refractivity contribution in [2.45, 2.75) is 227 Å². The molecule has 4 aliphatic carbocycles. The maximum absolute atomic E-state index is 13.1. The van der Waals surface area contributed by atoms with Gasteiger partial charge in [0.15, 0.2) is 0 Å². The van der Waals surface area contributed by atoms with Gasteiger partial charge in [0.2, 0.25) is 0 Å². The van der Waals surface area contributed by atoms with Crippen molar-refractivity contribution in [1.29, 1.82) is 0 Å². The Bertz CT molecular complexity index is 1200. The maximum atomic E-state index is 13.1. The van der Waals surface area contributed by atoms with Crippen LogP contribution in [-0.4, -0.2) is 60.9 Å². The highest BCUT2D eigenvalue weighted by Gasteiger charge is 2.59. The van der Waals surface area contributed by atoms with Crippen molar-refractivity contribution in [3.05, 3.63) is 11.6 Å². The Morgan fingerprint density at radius 1 is 0.741 bits per heavy atom. The number of esters is 2. The lowest BCUT2D eigenvalue weighted by molar-refractivity contribution is -0.151. The van der Waals surface area contributed by atoms with Gasteiger partial charge in [-0.15, -0.1) is 0 Å². The van der Waals surface area contributed by atoms with E-state index in [1.54, 1.807) is 5.57 Å². The molecule has 6 nitrogen and oxygen atoms in total. The highest BCUT2D eigenvalue weighted by atomic mass is 16.5. The van der Waals surface area contributed by atoms with Gasteiger partial charge in [0.25, 0.3) is 0 Å². The van der Waals surface area contributed by atoms with Gasteiger partial charge in [-0.25, -0.2) is 0 Å². The van der Waals surface area contributed by atoms with E-state index in [0.717, 1.165) is 139 Å². The van der Waals surface area contributed by atoms with Gasteiger partial charge in [-0.05, 0) is 156 Å². The number of fused-ring (bicyclic) bond motifs is 5. The SMILES string of the molecule is CCCCCCCCOC(=O)CCCCCCN(CCCCO)CCCCCC(=O)OC1CCC2(C)C(=CCC3C2CCC2(C)C(C(C)CCCC(C)C)CCC32)C1. The van der Waals surface area contributed by atoms with Crippen LogP contribution in [-0.2, 0) is 19.1 Å². The monoisotopic (exact) mass is 812 g/mol. The van der Waals surface area contributed by atoms with Crippen molar-refractivity contribution in [2.75, 3.05) is 32.8 Å². The fourth-order valence-electron chi connectivity index (χ4n) is 12.7.